The van der Waals surface area contributed by atoms with E-state index in [-0.39, 0.29) is 16.8 Å². The monoisotopic (exact) mass is 419 g/mol. The molecule has 1 N–H and O–H groups in total. The van der Waals surface area contributed by atoms with E-state index in [0.29, 0.717) is 19.4 Å². The average molecular weight is 420 g/mol. The van der Waals surface area contributed by atoms with E-state index in [1.54, 1.807) is 24.3 Å². The number of carbonyl (C=O) groups excluding carboxylic acids is 1. The molecule has 7 heteroatoms. The summed E-state index contributed by atoms with van der Waals surface area (Å²) in [6.07, 6.45) is 5.32. The van der Waals surface area contributed by atoms with Gasteiger partial charge in [-0.05, 0) is 58.6 Å². The fourth-order valence-corrected chi connectivity index (χ4v) is 5.66. The lowest BCUT2D eigenvalue weighted by Gasteiger charge is -2.33. The van der Waals surface area contributed by atoms with Gasteiger partial charge in [0.1, 0.15) is 6.04 Å². The van der Waals surface area contributed by atoms with Crippen molar-refractivity contribution in [3.05, 3.63) is 41.5 Å². The summed E-state index contributed by atoms with van der Waals surface area (Å²) in [4.78, 5) is 15.6. The molecule has 29 heavy (non-hydrogen) atoms. The van der Waals surface area contributed by atoms with Crippen LogP contribution in [-0.2, 0) is 14.8 Å². The molecule has 1 aromatic carbocycles. The normalized spacial score (nSPS) is 21.8. The first-order valence-corrected chi connectivity index (χ1v) is 12.0. The van der Waals surface area contributed by atoms with Crippen molar-refractivity contribution in [3.63, 3.8) is 0 Å². The Morgan fingerprint density at radius 3 is 2.38 bits per heavy atom. The molecule has 0 radical (unpaired) electrons. The van der Waals surface area contributed by atoms with Crippen LogP contribution < -0.4 is 5.32 Å². The van der Waals surface area contributed by atoms with Gasteiger partial charge in [0.25, 0.3) is 0 Å². The number of amides is 1. The Hall–Kier alpha value is -1.70. The number of nitrogens with one attached hydrogen (secondary N) is 1. The summed E-state index contributed by atoms with van der Waals surface area (Å²) in [7, 11) is -3.66. The van der Waals surface area contributed by atoms with Crippen LogP contribution in [0.15, 0.2) is 40.8 Å². The zero-order valence-corrected chi connectivity index (χ0v) is 18.5. The molecule has 2 aliphatic heterocycles. The summed E-state index contributed by atoms with van der Waals surface area (Å²) < 4.78 is 27.5. The third kappa shape index (κ3) is 5.47. The third-order valence-corrected chi connectivity index (χ3v) is 7.75. The predicted molar refractivity (Wildman–Crippen MR) is 115 cm³/mol. The highest BCUT2D eigenvalue weighted by Gasteiger charge is 2.40. The quantitative estimate of drug-likeness (QED) is 0.720. The van der Waals surface area contributed by atoms with Crippen molar-refractivity contribution < 1.29 is 13.2 Å². The van der Waals surface area contributed by atoms with Crippen LogP contribution in [-0.4, -0.2) is 61.8 Å². The lowest BCUT2D eigenvalue weighted by molar-refractivity contribution is -0.125. The Morgan fingerprint density at radius 1 is 1.10 bits per heavy atom. The fraction of sp³-hybridized carbons (Fsp3) is 0.591. The molecule has 0 aliphatic carbocycles. The van der Waals surface area contributed by atoms with Crippen LogP contribution in [0, 0.1) is 6.92 Å². The van der Waals surface area contributed by atoms with E-state index < -0.39 is 16.1 Å². The van der Waals surface area contributed by atoms with Crippen molar-refractivity contribution in [2.75, 3.05) is 26.2 Å². The zero-order chi connectivity index (χ0) is 21.0. The van der Waals surface area contributed by atoms with Crippen LogP contribution >= 0.6 is 0 Å². The van der Waals surface area contributed by atoms with E-state index in [2.05, 4.69) is 30.1 Å². The van der Waals surface area contributed by atoms with E-state index in [1.807, 2.05) is 6.92 Å². The number of hydrogen-bond donors (Lipinski definition) is 1. The largest absolute Gasteiger partial charge is 0.352 e. The summed E-state index contributed by atoms with van der Waals surface area (Å²) >= 11 is 0. The number of aryl methyl sites for hydroxylation is 1. The van der Waals surface area contributed by atoms with E-state index in [0.717, 1.165) is 38.0 Å². The molecular formula is C22H33N3O3S. The number of allylic oxidation sites excluding steroid dienone is 1. The molecule has 2 saturated heterocycles. The molecule has 1 atom stereocenters. The molecule has 1 amide bonds. The summed E-state index contributed by atoms with van der Waals surface area (Å²) in [6.45, 7) is 9.38. The van der Waals surface area contributed by atoms with Gasteiger partial charge in [0, 0.05) is 32.2 Å². The molecular weight excluding hydrogens is 386 g/mol. The van der Waals surface area contributed by atoms with Crippen LogP contribution in [0.4, 0.5) is 0 Å². The van der Waals surface area contributed by atoms with Crippen LogP contribution in [0.25, 0.3) is 0 Å². The Balaban J connectivity index is 1.59. The number of rotatable bonds is 6. The Bertz CT molecular complexity index is 837. The lowest BCUT2D eigenvalue weighted by Crippen LogP contribution is -2.51. The predicted octanol–water partition coefficient (Wildman–Crippen LogP) is 2.69. The van der Waals surface area contributed by atoms with Gasteiger partial charge in [0.2, 0.25) is 15.9 Å². The molecule has 160 valence electrons. The minimum absolute atomic E-state index is 0.120. The minimum atomic E-state index is -3.66. The maximum Gasteiger partial charge on any atom is 0.243 e. The second-order valence-electron chi connectivity index (χ2n) is 8.45. The maximum atomic E-state index is 13.1. The first-order valence-electron chi connectivity index (χ1n) is 10.5. The second kappa shape index (κ2) is 9.41. The lowest BCUT2D eigenvalue weighted by atomic mass is 10.0. The van der Waals surface area contributed by atoms with Gasteiger partial charge in [-0.15, -0.1) is 0 Å². The van der Waals surface area contributed by atoms with Crippen molar-refractivity contribution in [2.45, 2.75) is 63.4 Å². The van der Waals surface area contributed by atoms with Gasteiger partial charge >= 0.3 is 0 Å². The van der Waals surface area contributed by atoms with E-state index in [4.69, 9.17) is 0 Å². The topological polar surface area (TPSA) is 69.7 Å². The van der Waals surface area contributed by atoms with E-state index >= 15 is 0 Å². The maximum absolute atomic E-state index is 13.1. The van der Waals surface area contributed by atoms with Crippen molar-refractivity contribution >= 4 is 15.9 Å². The number of sulfonamides is 1. The summed E-state index contributed by atoms with van der Waals surface area (Å²) in [6, 6.07) is 6.35. The highest BCUT2D eigenvalue weighted by atomic mass is 32.2. The Kier molecular flexibility index (Phi) is 7.14. The van der Waals surface area contributed by atoms with Gasteiger partial charge < -0.3 is 5.32 Å². The number of hydrogen-bond acceptors (Lipinski definition) is 4. The number of nitrogens with zero attached hydrogens (tertiary/aromatic N) is 2. The summed E-state index contributed by atoms with van der Waals surface area (Å²) in [5.74, 6) is -0.152. The van der Waals surface area contributed by atoms with E-state index in [9.17, 15) is 13.2 Å². The Morgan fingerprint density at radius 2 is 1.76 bits per heavy atom. The number of piperidine rings is 1. The molecule has 1 aromatic rings. The molecule has 0 saturated carbocycles. The minimum Gasteiger partial charge on any atom is -0.352 e. The van der Waals surface area contributed by atoms with Gasteiger partial charge in [-0.25, -0.2) is 8.42 Å². The summed E-state index contributed by atoms with van der Waals surface area (Å²) in [5, 5.41) is 3.12. The van der Waals surface area contributed by atoms with Crippen LogP contribution in [0.3, 0.4) is 0 Å². The van der Waals surface area contributed by atoms with Crippen molar-refractivity contribution in [2.24, 2.45) is 0 Å². The van der Waals surface area contributed by atoms with Crippen molar-refractivity contribution in [1.29, 1.82) is 0 Å². The number of benzene rings is 1. The first kappa shape index (κ1) is 22.0. The van der Waals surface area contributed by atoms with Gasteiger partial charge in [0.05, 0.1) is 4.90 Å². The van der Waals surface area contributed by atoms with Gasteiger partial charge in [-0.1, -0.05) is 29.3 Å². The second-order valence-corrected chi connectivity index (χ2v) is 10.3. The fourth-order valence-electron chi connectivity index (χ4n) is 4.00. The molecule has 0 aromatic heterocycles. The molecule has 2 heterocycles. The number of likely N-dealkylation sites (tertiary alicyclic amines) is 1. The molecule has 6 nitrogen and oxygen atoms in total. The standard InChI is InChI=1S/C22H33N3O3S/c1-17(2)10-14-24-15-11-19(12-16-24)23-22(26)21-5-4-13-25(21)29(27,28)20-8-6-18(3)7-9-20/h6-10,19,21H,4-5,11-16H2,1-3H3,(H,23,26)/t21-/m0/s1. The molecule has 2 fully saturated rings. The van der Waals surface area contributed by atoms with Crippen molar-refractivity contribution in [1.82, 2.24) is 14.5 Å². The molecule has 0 spiro atoms. The van der Waals surface area contributed by atoms with Crippen LogP contribution in [0.1, 0.15) is 45.1 Å². The van der Waals surface area contributed by atoms with Gasteiger partial charge in [-0.2, -0.15) is 4.31 Å². The van der Waals surface area contributed by atoms with Crippen molar-refractivity contribution in [3.8, 4) is 0 Å². The highest BCUT2D eigenvalue weighted by molar-refractivity contribution is 7.89. The van der Waals surface area contributed by atoms with Gasteiger partial charge in [-0.3, -0.25) is 9.69 Å². The molecule has 0 unspecified atom stereocenters. The first-order chi connectivity index (χ1) is 13.8. The average Bonchev–Trinajstić information content (AvgIpc) is 3.19. The molecule has 0 bridgehead atoms. The molecule has 3 rings (SSSR count). The van der Waals surface area contributed by atoms with Gasteiger partial charge in [0.15, 0.2) is 0 Å². The SMILES string of the molecule is CC(C)=CCN1CCC(NC(=O)[C@@H]2CCCN2S(=O)(=O)c2ccc(C)cc2)CC1. The Labute approximate surface area is 175 Å². The highest BCUT2D eigenvalue weighted by Crippen LogP contribution is 2.27. The van der Waals surface area contributed by atoms with Crippen LogP contribution in [0.2, 0.25) is 0 Å². The van der Waals surface area contributed by atoms with Crippen LogP contribution in [0.5, 0.6) is 0 Å². The van der Waals surface area contributed by atoms with E-state index in [1.165, 1.54) is 9.88 Å². The number of carbonyl (C=O) groups is 1. The molecule has 2 aliphatic rings. The summed E-state index contributed by atoms with van der Waals surface area (Å²) in [5.41, 5.74) is 2.33. The third-order valence-electron chi connectivity index (χ3n) is 5.83. The smallest absolute Gasteiger partial charge is 0.243 e. The zero-order valence-electron chi connectivity index (χ0n) is 17.7.